The van der Waals surface area contributed by atoms with Gasteiger partial charge in [-0.15, -0.1) is 0 Å². The molecule has 0 unspecified atom stereocenters. The highest BCUT2D eigenvalue weighted by molar-refractivity contribution is 5.74. The van der Waals surface area contributed by atoms with Crippen molar-refractivity contribution in [3.05, 3.63) is 18.0 Å². The Morgan fingerprint density at radius 2 is 2.28 bits per heavy atom. The summed E-state index contributed by atoms with van der Waals surface area (Å²) in [6.45, 7) is 0.548. The predicted molar refractivity (Wildman–Crippen MR) is 59.0 cm³/mol. The maximum Gasteiger partial charge on any atom is 0.406 e. The number of urea groups is 1. The van der Waals surface area contributed by atoms with Crippen LogP contribution in [0.5, 0.6) is 0 Å². The van der Waals surface area contributed by atoms with Crippen LogP contribution in [0.25, 0.3) is 0 Å². The average molecular weight is 264 g/mol. The van der Waals surface area contributed by atoms with Crippen molar-refractivity contribution in [2.45, 2.75) is 19.5 Å². The third kappa shape index (κ3) is 5.07. The molecule has 0 bridgehead atoms. The zero-order valence-corrected chi connectivity index (χ0v) is 9.92. The van der Waals surface area contributed by atoms with Crippen LogP contribution in [-0.2, 0) is 6.42 Å². The number of alkyl halides is 3. The first-order valence-electron chi connectivity index (χ1n) is 5.49. The van der Waals surface area contributed by atoms with E-state index in [1.165, 1.54) is 6.92 Å². The van der Waals surface area contributed by atoms with Crippen LogP contribution in [0, 0.1) is 0 Å². The molecule has 0 atom stereocenters. The van der Waals surface area contributed by atoms with Crippen LogP contribution in [0.4, 0.5) is 18.0 Å². The number of carbonyl (C=O) groups excluding carboxylic acids is 1. The molecule has 0 spiro atoms. The highest BCUT2D eigenvalue weighted by Crippen LogP contribution is 2.16. The van der Waals surface area contributed by atoms with Gasteiger partial charge in [-0.05, 0) is 18.9 Å². The topological polar surface area (TPSA) is 61.0 Å². The summed E-state index contributed by atoms with van der Waals surface area (Å²) < 4.78 is 36.5. The summed E-state index contributed by atoms with van der Waals surface area (Å²) in [5, 5.41) is 8.77. The van der Waals surface area contributed by atoms with Gasteiger partial charge in [-0.3, -0.25) is 5.10 Å². The van der Waals surface area contributed by atoms with Crippen molar-refractivity contribution in [1.82, 2.24) is 20.4 Å². The van der Waals surface area contributed by atoms with E-state index >= 15 is 0 Å². The third-order valence-corrected chi connectivity index (χ3v) is 2.28. The summed E-state index contributed by atoms with van der Waals surface area (Å²) in [5.41, 5.74) is 0.883. The van der Waals surface area contributed by atoms with Gasteiger partial charge in [-0.25, -0.2) is 4.79 Å². The minimum atomic E-state index is -4.38. The van der Waals surface area contributed by atoms with Crippen molar-refractivity contribution >= 4 is 6.03 Å². The molecule has 1 rings (SSSR count). The number of hydrogen-bond donors (Lipinski definition) is 2. The van der Waals surface area contributed by atoms with Gasteiger partial charge < -0.3 is 10.2 Å². The molecule has 1 aromatic rings. The van der Waals surface area contributed by atoms with Crippen LogP contribution in [-0.4, -0.2) is 46.9 Å². The molecule has 5 nitrogen and oxygen atoms in total. The lowest BCUT2D eigenvalue weighted by Gasteiger charge is -2.22. The van der Waals surface area contributed by atoms with Gasteiger partial charge in [0.2, 0.25) is 0 Å². The van der Waals surface area contributed by atoms with Gasteiger partial charge in [0.25, 0.3) is 0 Å². The Bertz CT molecular complexity index is 364. The number of rotatable bonds is 5. The Balaban J connectivity index is 2.33. The van der Waals surface area contributed by atoms with E-state index in [1.807, 2.05) is 0 Å². The first kappa shape index (κ1) is 14.3. The number of aromatic amines is 1. The minimum Gasteiger partial charge on any atom is -0.338 e. The molecule has 1 heterocycles. The highest BCUT2D eigenvalue weighted by Gasteiger charge is 2.32. The summed E-state index contributed by atoms with van der Waals surface area (Å²) >= 11 is 0. The lowest BCUT2D eigenvalue weighted by atomic mass is 10.2. The molecule has 18 heavy (non-hydrogen) atoms. The fraction of sp³-hybridized carbons (Fsp3) is 0.600. The molecular formula is C10H15F3N4O. The number of hydrogen-bond acceptors (Lipinski definition) is 2. The van der Waals surface area contributed by atoms with Gasteiger partial charge in [0.1, 0.15) is 6.54 Å². The summed E-state index contributed by atoms with van der Waals surface area (Å²) in [6, 6.07) is -0.710. The van der Waals surface area contributed by atoms with Crippen molar-refractivity contribution < 1.29 is 18.0 Å². The minimum absolute atomic E-state index is 0.0110. The second kappa shape index (κ2) is 6.27. The van der Waals surface area contributed by atoms with Crippen LogP contribution in [0.15, 0.2) is 12.4 Å². The molecule has 0 radical (unpaired) electrons. The quantitative estimate of drug-likeness (QED) is 0.847. The monoisotopic (exact) mass is 264 g/mol. The fourth-order valence-corrected chi connectivity index (χ4v) is 1.38. The van der Waals surface area contributed by atoms with E-state index in [2.05, 4.69) is 15.5 Å². The van der Waals surface area contributed by atoms with Gasteiger partial charge in [-0.1, -0.05) is 0 Å². The zero-order chi connectivity index (χ0) is 13.6. The number of nitrogens with zero attached hydrogens (tertiary/aromatic N) is 2. The Kier molecular flexibility index (Phi) is 4.99. The Morgan fingerprint density at radius 3 is 2.78 bits per heavy atom. The zero-order valence-electron chi connectivity index (χ0n) is 9.92. The van der Waals surface area contributed by atoms with E-state index in [4.69, 9.17) is 0 Å². The largest absolute Gasteiger partial charge is 0.406 e. The number of nitrogens with one attached hydrogen (secondary N) is 2. The normalized spacial score (nSPS) is 11.3. The van der Waals surface area contributed by atoms with E-state index in [1.54, 1.807) is 12.4 Å². The first-order valence-corrected chi connectivity index (χ1v) is 5.49. The molecule has 0 aliphatic carbocycles. The molecule has 8 heteroatoms. The molecule has 0 fully saturated rings. The van der Waals surface area contributed by atoms with Crippen molar-refractivity contribution in [3.8, 4) is 0 Å². The van der Waals surface area contributed by atoms with Gasteiger partial charge in [0.05, 0.1) is 6.20 Å². The smallest absolute Gasteiger partial charge is 0.338 e. The van der Waals surface area contributed by atoms with Crippen LogP contribution in [0.3, 0.4) is 0 Å². The summed E-state index contributed by atoms with van der Waals surface area (Å²) in [4.78, 5) is 12.2. The van der Waals surface area contributed by atoms with Crippen LogP contribution in [0.2, 0.25) is 0 Å². The standard InChI is InChI=1S/C10H15F3N4O/c1-2-17(7-10(11,12)13)9(18)14-4-3-8-5-15-16-6-8/h5-6H,2-4,7H2,1H3,(H,14,18)(H,15,16). The molecule has 2 amide bonds. The van der Waals surface area contributed by atoms with Crippen LogP contribution >= 0.6 is 0 Å². The number of carbonyl (C=O) groups is 1. The van der Waals surface area contributed by atoms with E-state index in [0.717, 1.165) is 10.5 Å². The number of amides is 2. The lowest BCUT2D eigenvalue weighted by molar-refractivity contribution is -0.139. The molecule has 0 aromatic carbocycles. The number of halogens is 3. The lowest BCUT2D eigenvalue weighted by Crippen LogP contribution is -2.45. The van der Waals surface area contributed by atoms with Crippen molar-refractivity contribution in [2.75, 3.05) is 19.6 Å². The van der Waals surface area contributed by atoms with Gasteiger partial charge in [0, 0.05) is 19.3 Å². The Labute approximate surface area is 102 Å². The second-order valence-corrected chi connectivity index (χ2v) is 3.72. The fourth-order valence-electron chi connectivity index (χ4n) is 1.38. The second-order valence-electron chi connectivity index (χ2n) is 3.72. The van der Waals surface area contributed by atoms with E-state index in [-0.39, 0.29) is 13.1 Å². The van der Waals surface area contributed by atoms with Gasteiger partial charge >= 0.3 is 12.2 Å². The van der Waals surface area contributed by atoms with E-state index in [0.29, 0.717) is 6.42 Å². The molecule has 0 saturated heterocycles. The van der Waals surface area contributed by atoms with Crippen molar-refractivity contribution in [1.29, 1.82) is 0 Å². The third-order valence-electron chi connectivity index (χ3n) is 2.28. The van der Waals surface area contributed by atoms with Gasteiger partial charge in [-0.2, -0.15) is 18.3 Å². The molecule has 0 aliphatic rings. The summed E-state index contributed by atoms with van der Waals surface area (Å²) in [6.07, 6.45) is -0.595. The maximum absolute atomic E-state index is 12.2. The first-order chi connectivity index (χ1) is 8.42. The molecular weight excluding hydrogens is 249 g/mol. The molecule has 1 aromatic heterocycles. The molecule has 0 aliphatic heterocycles. The van der Waals surface area contributed by atoms with Gasteiger partial charge in [0.15, 0.2) is 0 Å². The summed E-state index contributed by atoms with van der Waals surface area (Å²) in [5.74, 6) is 0. The summed E-state index contributed by atoms with van der Waals surface area (Å²) in [7, 11) is 0. The van der Waals surface area contributed by atoms with Crippen molar-refractivity contribution in [2.24, 2.45) is 0 Å². The SMILES string of the molecule is CCN(CC(F)(F)F)C(=O)NCCc1cn[nH]c1. The Morgan fingerprint density at radius 1 is 1.56 bits per heavy atom. The molecule has 2 N–H and O–H groups in total. The molecule has 102 valence electrons. The maximum atomic E-state index is 12.2. The highest BCUT2D eigenvalue weighted by atomic mass is 19.4. The van der Waals surface area contributed by atoms with Crippen LogP contribution in [0.1, 0.15) is 12.5 Å². The Hall–Kier alpha value is -1.73. The number of aromatic nitrogens is 2. The van der Waals surface area contributed by atoms with Crippen molar-refractivity contribution in [3.63, 3.8) is 0 Å². The molecule has 0 saturated carbocycles. The van der Waals surface area contributed by atoms with E-state index < -0.39 is 18.8 Å². The van der Waals surface area contributed by atoms with Crippen LogP contribution < -0.4 is 5.32 Å². The average Bonchev–Trinajstić information content (AvgIpc) is 2.77. The van der Waals surface area contributed by atoms with E-state index in [9.17, 15) is 18.0 Å². The number of H-pyrrole nitrogens is 1. The predicted octanol–water partition coefficient (Wildman–Crippen LogP) is 1.55.